The predicted octanol–water partition coefficient (Wildman–Crippen LogP) is 2.59. The highest BCUT2D eigenvalue weighted by molar-refractivity contribution is 7.85. The van der Waals surface area contributed by atoms with Crippen molar-refractivity contribution in [2.75, 3.05) is 11.5 Å². The van der Waals surface area contributed by atoms with Crippen LogP contribution >= 0.6 is 0 Å². The summed E-state index contributed by atoms with van der Waals surface area (Å²) < 4.78 is 12.1. The summed E-state index contributed by atoms with van der Waals surface area (Å²) in [6, 6.07) is 8.79. The van der Waals surface area contributed by atoms with Crippen molar-refractivity contribution in [2.45, 2.75) is 44.6 Å². The number of fused-ring (bicyclic) bond motifs is 1. The van der Waals surface area contributed by atoms with Gasteiger partial charge in [-0.05, 0) is 49.7 Å². The molecule has 2 rings (SSSR count). The fourth-order valence-electron chi connectivity index (χ4n) is 2.65. The van der Waals surface area contributed by atoms with Gasteiger partial charge in [-0.1, -0.05) is 24.3 Å². The summed E-state index contributed by atoms with van der Waals surface area (Å²) >= 11 is 0. The fourth-order valence-corrected chi connectivity index (χ4v) is 4.25. The van der Waals surface area contributed by atoms with Crippen molar-refractivity contribution >= 4 is 10.8 Å². The summed E-state index contributed by atoms with van der Waals surface area (Å²) in [6.45, 7) is 1.98. The molecule has 0 bridgehead atoms. The Kier molecular flexibility index (Phi) is 4.95. The Morgan fingerprint density at radius 3 is 3.00 bits per heavy atom. The van der Waals surface area contributed by atoms with Gasteiger partial charge in [-0.25, -0.2) is 0 Å². The molecule has 0 saturated carbocycles. The van der Waals surface area contributed by atoms with Crippen LogP contribution in [-0.2, 0) is 17.2 Å². The van der Waals surface area contributed by atoms with Crippen molar-refractivity contribution in [1.82, 2.24) is 0 Å². The van der Waals surface area contributed by atoms with Crippen molar-refractivity contribution in [3.05, 3.63) is 35.4 Å². The molecule has 0 radical (unpaired) electrons. The van der Waals surface area contributed by atoms with Gasteiger partial charge in [-0.2, -0.15) is 0 Å². The zero-order valence-corrected chi connectivity index (χ0v) is 11.9. The Hall–Kier alpha value is -0.670. The van der Waals surface area contributed by atoms with Gasteiger partial charge in [0.25, 0.3) is 0 Å². The summed E-state index contributed by atoms with van der Waals surface area (Å²) in [7, 11) is -0.725. The van der Waals surface area contributed by atoms with Crippen LogP contribution in [0.15, 0.2) is 24.3 Å². The summed E-state index contributed by atoms with van der Waals surface area (Å²) in [4.78, 5) is 0. The molecule has 0 aromatic heterocycles. The van der Waals surface area contributed by atoms with Gasteiger partial charge >= 0.3 is 0 Å². The third-order valence-corrected chi connectivity index (χ3v) is 5.15. The first kappa shape index (κ1) is 13.8. The first-order chi connectivity index (χ1) is 8.66. The third-order valence-electron chi connectivity index (χ3n) is 3.68. The van der Waals surface area contributed by atoms with Gasteiger partial charge in [-0.15, -0.1) is 0 Å². The van der Waals surface area contributed by atoms with Crippen LogP contribution in [0.5, 0.6) is 0 Å². The second kappa shape index (κ2) is 6.48. The fraction of sp³-hybridized carbons (Fsp3) is 0.600. The number of hydrogen-bond donors (Lipinski definition) is 1. The SMILES string of the molecule is CC(N)CCS(=O)CC1CCCc2ccccc21. The molecule has 2 N–H and O–H groups in total. The third kappa shape index (κ3) is 3.66. The minimum Gasteiger partial charge on any atom is -0.328 e. The van der Waals surface area contributed by atoms with E-state index in [-0.39, 0.29) is 6.04 Å². The first-order valence-corrected chi connectivity index (χ1v) is 8.34. The number of benzene rings is 1. The average molecular weight is 265 g/mol. The van der Waals surface area contributed by atoms with Gasteiger partial charge < -0.3 is 5.73 Å². The molecule has 0 aliphatic heterocycles. The highest BCUT2D eigenvalue weighted by atomic mass is 32.2. The summed E-state index contributed by atoms with van der Waals surface area (Å²) in [5.41, 5.74) is 8.60. The quantitative estimate of drug-likeness (QED) is 0.889. The molecule has 0 fully saturated rings. The first-order valence-electron chi connectivity index (χ1n) is 6.85. The van der Waals surface area contributed by atoms with Crippen molar-refractivity contribution in [1.29, 1.82) is 0 Å². The summed E-state index contributed by atoms with van der Waals surface area (Å²) in [5, 5.41) is 0. The Morgan fingerprint density at radius 2 is 2.22 bits per heavy atom. The predicted molar refractivity (Wildman–Crippen MR) is 78.3 cm³/mol. The highest BCUT2D eigenvalue weighted by Crippen LogP contribution is 2.32. The molecule has 3 atom stereocenters. The molecule has 0 spiro atoms. The lowest BCUT2D eigenvalue weighted by atomic mass is 9.84. The Labute approximate surface area is 112 Å². The topological polar surface area (TPSA) is 43.1 Å². The normalized spacial score (nSPS) is 22.2. The van der Waals surface area contributed by atoms with Crippen LogP contribution in [0, 0.1) is 0 Å². The van der Waals surface area contributed by atoms with E-state index in [0.29, 0.717) is 5.92 Å². The molecule has 1 aliphatic rings. The van der Waals surface area contributed by atoms with Crippen LogP contribution in [0.25, 0.3) is 0 Å². The van der Waals surface area contributed by atoms with E-state index in [1.54, 1.807) is 0 Å². The van der Waals surface area contributed by atoms with Crippen LogP contribution in [0.3, 0.4) is 0 Å². The van der Waals surface area contributed by atoms with E-state index in [4.69, 9.17) is 5.73 Å². The van der Waals surface area contributed by atoms with Gasteiger partial charge in [0.2, 0.25) is 0 Å². The molecule has 1 aromatic carbocycles. The number of rotatable bonds is 5. The lowest BCUT2D eigenvalue weighted by Gasteiger charge is -2.25. The van der Waals surface area contributed by atoms with Gasteiger partial charge in [0, 0.05) is 28.3 Å². The van der Waals surface area contributed by atoms with Crippen molar-refractivity contribution < 1.29 is 4.21 Å². The summed E-state index contributed by atoms with van der Waals surface area (Å²) in [6.07, 6.45) is 4.45. The monoisotopic (exact) mass is 265 g/mol. The molecule has 0 saturated heterocycles. The molecular formula is C15H23NOS. The number of hydrogen-bond acceptors (Lipinski definition) is 2. The molecule has 0 heterocycles. The Balaban J connectivity index is 1.96. The zero-order valence-electron chi connectivity index (χ0n) is 11.1. The van der Waals surface area contributed by atoms with E-state index < -0.39 is 10.8 Å². The molecule has 18 heavy (non-hydrogen) atoms. The van der Waals surface area contributed by atoms with Crippen LogP contribution < -0.4 is 5.73 Å². The maximum Gasteiger partial charge on any atom is 0.0303 e. The molecule has 100 valence electrons. The van der Waals surface area contributed by atoms with Gasteiger partial charge in [0.15, 0.2) is 0 Å². The van der Waals surface area contributed by atoms with E-state index in [2.05, 4.69) is 24.3 Å². The molecule has 1 aromatic rings. The maximum absolute atomic E-state index is 12.1. The van der Waals surface area contributed by atoms with Crippen LogP contribution in [0.2, 0.25) is 0 Å². The van der Waals surface area contributed by atoms with Gasteiger partial charge in [0.1, 0.15) is 0 Å². The molecule has 1 aliphatic carbocycles. The van der Waals surface area contributed by atoms with Crippen molar-refractivity contribution in [3.63, 3.8) is 0 Å². The van der Waals surface area contributed by atoms with Crippen molar-refractivity contribution in [3.8, 4) is 0 Å². The molecule has 0 amide bonds. The molecule has 2 nitrogen and oxygen atoms in total. The van der Waals surface area contributed by atoms with Crippen LogP contribution in [0.1, 0.15) is 43.2 Å². The molecule has 3 heteroatoms. The second-order valence-corrected chi connectivity index (χ2v) is 6.99. The van der Waals surface area contributed by atoms with E-state index in [1.165, 1.54) is 30.4 Å². The Bertz CT molecular complexity index is 417. The van der Waals surface area contributed by atoms with Crippen LogP contribution in [-0.4, -0.2) is 21.8 Å². The maximum atomic E-state index is 12.1. The second-order valence-electron chi connectivity index (χ2n) is 5.36. The standard InChI is InChI=1S/C15H23NOS/c1-12(16)9-10-18(17)11-14-7-4-6-13-5-2-3-8-15(13)14/h2-3,5,8,12,14H,4,6-7,9-11,16H2,1H3. The lowest BCUT2D eigenvalue weighted by molar-refractivity contribution is 0.586. The van der Waals surface area contributed by atoms with Gasteiger partial charge in [0.05, 0.1) is 0 Å². The van der Waals surface area contributed by atoms with E-state index in [0.717, 1.165) is 17.9 Å². The molecular weight excluding hydrogens is 242 g/mol. The average Bonchev–Trinajstić information content (AvgIpc) is 2.37. The smallest absolute Gasteiger partial charge is 0.0303 e. The minimum absolute atomic E-state index is 0.160. The summed E-state index contributed by atoms with van der Waals surface area (Å²) in [5.74, 6) is 2.05. The van der Waals surface area contributed by atoms with Gasteiger partial charge in [-0.3, -0.25) is 4.21 Å². The minimum atomic E-state index is -0.725. The zero-order chi connectivity index (χ0) is 13.0. The van der Waals surface area contributed by atoms with Crippen LogP contribution in [0.4, 0.5) is 0 Å². The highest BCUT2D eigenvalue weighted by Gasteiger charge is 2.21. The Morgan fingerprint density at radius 1 is 1.44 bits per heavy atom. The lowest BCUT2D eigenvalue weighted by Crippen LogP contribution is -2.21. The number of nitrogens with two attached hydrogens (primary N) is 1. The van der Waals surface area contributed by atoms with E-state index in [9.17, 15) is 4.21 Å². The van der Waals surface area contributed by atoms with Crippen molar-refractivity contribution in [2.24, 2.45) is 5.73 Å². The largest absolute Gasteiger partial charge is 0.328 e. The van der Waals surface area contributed by atoms with E-state index >= 15 is 0 Å². The molecule has 3 unspecified atom stereocenters. The number of aryl methyl sites for hydroxylation is 1. The van der Waals surface area contributed by atoms with E-state index in [1.807, 2.05) is 6.92 Å².